The van der Waals surface area contributed by atoms with Crippen LogP contribution in [0.5, 0.6) is 17.2 Å². The van der Waals surface area contributed by atoms with Crippen molar-refractivity contribution in [3.8, 4) is 17.2 Å². The molecule has 152 valence electrons. The molecular formula is C22H18ClN3O4. The van der Waals surface area contributed by atoms with Crippen LogP contribution in [0.15, 0.2) is 36.4 Å². The summed E-state index contributed by atoms with van der Waals surface area (Å²) in [5, 5.41) is 4.92. The number of carbonyl (C=O) groups excluding carboxylic acids is 1. The van der Waals surface area contributed by atoms with Crippen molar-refractivity contribution in [3.63, 3.8) is 0 Å². The number of amides is 1. The first-order valence-electron chi connectivity index (χ1n) is 9.67. The smallest absolute Gasteiger partial charge is 0.246 e. The van der Waals surface area contributed by atoms with Gasteiger partial charge in [-0.25, -0.2) is 0 Å². The lowest BCUT2D eigenvalue weighted by atomic mass is 9.77. The van der Waals surface area contributed by atoms with E-state index in [1.807, 2.05) is 43.3 Å². The Balaban J connectivity index is 1.51. The van der Waals surface area contributed by atoms with E-state index >= 15 is 0 Å². The molecule has 3 aromatic rings. The second-order valence-corrected chi connectivity index (χ2v) is 8.14. The topological polar surface area (TPSA) is 65.8 Å². The van der Waals surface area contributed by atoms with E-state index in [1.165, 1.54) is 0 Å². The summed E-state index contributed by atoms with van der Waals surface area (Å²) < 4.78 is 18.7. The first-order chi connectivity index (χ1) is 14.5. The number of para-hydroxylation sites is 1. The third-order valence-corrected chi connectivity index (χ3v) is 6.70. The number of benzene rings is 2. The Bertz CT molecular complexity index is 1240. The molecule has 1 spiro atoms. The van der Waals surface area contributed by atoms with E-state index in [-0.39, 0.29) is 19.3 Å². The Kier molecular flexibility index (Phi) is 3.48. The largest absolute Gasteiger partial charge is 0.491 e. The van der Waals surface area contributed by atoms with E-state index in [9.17, 15) is 4.79 Å². The summed E-state index contributed by atoms with van der Waals surface area (Å²) in [6.45, 7) is 2.64. The number of carbonyl (C=O) groups is 1. The monoisotopic (exact) mass is 423 g/mol. The number of hydrogen-bond donors (Lipinski definition) is 0. The van der Waals surface area contributed by atoms with Gasteiger partial charge in [-0.15, -0.1) is 0 Å². The molecule has 0 radical (unpaired) electrons. The normalized spacial score (nSPS) is 20.6. The molecule has 3 aliphatic rings. The maximum atomic E-state index is 14.0. The summed E-state index contributed by atoms with van der Waals surface area (Å²) in [6.07, 6.45) is 0. The molecule has 1 aromatic heterocycles. The molecule has 1 atom stereocenters. The van der Waals surface area contributed by atoms with Crippen LogP contribution in [-0.2, 0) is 23.8 Å². The van der Waals surface area contributed by atoms with Crippen LogP contribution in [0.2, 0.25) is 5.15 Å². The SMILES string of the molecule is Cc1nn(C)c(Cl)c1CN1C(=O)C2(COc3cc4c(cc32)OCO4)c2ccccc21. The van der Waals surface area contributed by atoms with Crippen LogP contribution < -0.4 is 19.1 Å². The minimum atomic E-state index is -0.921. The van der Waals surface area contributed by atoms with E-state index in [2.05, 4.69) is 5.10 Å². The van der Waals surface area contributed by atoms with Crippen molar-refractivity contribution < 1.29 is 19.0 Å². The Morgan fingerprint density at radius 1 is 1.10 bits per heavy atom. The third kappa shape index (κ3) is 2.10. The van der Waals surface area contributed by atoms with E-state index < -0.39 is 5.41 Å². The van der Waals surface area contributed by atoms with Gasteiger partial charge in [0.15, 0.2) is 11.5 Å². The molecular weight excluding hydrogens is 406 g/mol. The van der Waals surface area contributed by atoms with Crippen LogP contribution in [0, 0.1) is 6.92 Å². The quantitative estimate of drug-likeness (QED) is 0.632. The lowest BCUT2D eigenvalue weighted by Crippen LogP contribution is -2.42. The van der Waals surface area contributed by atoms with Gasteiger partial charge in [0, 0.05) is 29.9 Å². The van der Waals surface area contributed by atoms with Gasteiger partial charge in [-0.3, -0.25) is 9.48 Å². The predicted octanol–water partition coefficient (Wildman–Crippen LogP) is 3.34. The van der Waals surface area contributed by atoms with Gasteiger partial charge in [0.25, 0.3) is 0 Å². The van der Waals surface area contributed by atoms with Gasteiger partial charge in [0.1, 0.15) is 22.9 Å². The highest BCUT2D eigenvalue weighted by Crippen LogP contribution is 2.55. The zero-order valence-electron chi connectivity index (χ0n) is 16.4. The van der Waals surface area contributed by atoms with E-state index in [0.717, 1.165) is 28.1 Å². The first-order valence-corrected chi connectivity index (χ1v) is 10.0. The van der Waals surface area contributed by atoms with Gasteiger partial charge in [-0.05, 0) is 24.6 Å². The molecule has 1 unspecified atom stereocenters. The van der Waals surface area contributed by atoms with Crippen LogP contribution in [-0.4, -0.2) is 29.1 Å². The highest BCUT2D eigenvalue weighted by Gasteiger charge is 2.57. The van der Waals surface area contributed by atoms with Gasteiger partial charge < -0.3 is 19.1 Å². The van der Waals surface area contributed by atoms with Crippen LogP contribution >= 0.6 is 11.6 Å². The lowest BCUT2D eigenvalue weighted by molar-refractivity contribution is -0.122. The van der Waals surface area contributed by atoms with Gasteiger partial charge in [-0.1, -0.05) is 29.8 Å². The number of halogens is 1. The standard InChI is InChI=1S/C22H18ClN3O4/c1-12-13(20(23)25(2)24-12)9-26-16-6-4-3-5-14(16)22(21(26)27)10-28-17-8-19-18(7-15(17)22)29-11-30-19/h3-8H,9-11H2,1-2H3. The molecule has 4 heterocycles. The number of hydrogen-bond acceptors (Lipinski definition) is 5. The van der Waals surface area contributed by atoms with Crippen molar-refractivity contribution in [2.45, 2.75) is 18.9 Å². The molecule has 1 amide bonds. The molecule has 6 rings (SSSR count). The number of aromatic nitrogens is 2. The van der Waals surface area contributed by atoms with Crippen molar-refractivity contribution in [2.24, 2.45) is 7.05 Å². The maximum absolute atomic E-state index is 14.0. The van der Waals surface area contributed by atoms with Crippen molar-refractivity contribution in [3.05, 3.63) is 63.9 Å². The van der Waals surface area contributed by atoms with Crippen molar-refractivity contribution >= 4 is 23.2 Å². The fraction of sp³-hybridized carbons (Fsp3) is 0.273. The van der Waals surface area contributed by atoms with Crippen molar-refractivity contribution in [1.29, 1.82) is 0 Å². The van der Waals surface area contributed by atoms with E-state index in [0.29, 0.717) is 28.9 Å². The lowest BCUT2D eigenvalue weighted by Gasteiger charge is -2.23. The Hall–Kier alpha value is -3.19. The third-order valence-electron chi connectivity index (χ3n) is 6.23. The zero-order chi connectivity index (χ0) is 20.6. The minimum absolute atomic E-state index is 0.0411. The van der Waals surface area contributed by atoms with Gasteiger partial charge >= 0.3 is 0 Å². The Labute approximate surface area is 177 Å². The summed E-state index contributed by atoms with van der Waals surface area (Å²) in [6, 6.07) is 11.5. The molecule has 8 heteroatoms. The average Bonchev–Trinajstić information content (AvgIpc) is 3.46. The second-order valence-electron chi connectivity index (χ2n) is 7.78. The number of aryl methyl sites for hydroxylation is 2. The Morgan fingerprint density at radius 2 is 1.87 bits per heavy atom. The van der Waals surface area contributed by atoms with Crippen molar-refractivity contribution in [1.82, 2.24) is 9.78 Å². The summed E-state index contributed by atoms with van der Waals surface area (Å²) in [7, 11) is 1.80. The van der Waals surface area contributed by atoms with Gasteiger partial charge in [0.2, 0.25) is 12.7 Å². The van der Waals surface area contributed by atoms with Crippen LogP contribution in [0.3, 0.4) is 0 Å². The van der Waals surface area contributed by atoms with Crippen LogP contribution in [0.25, 0.3) is 0 Å². The number of fused-ring (bicyclic) bond motifs is 5. The fourth-order valence-corrected chi connectivity index (χ4v) is 4.97. The van der Waals surface area contributed by atoms with Crippen LogP contribution in [0.1, 0.15) is 22.4 Å². The summed E-state index contributed by atoms with van der Waals surface area (Å²) >= 11 is 6.47. The van der Waals surface area contributed by atoms with E-state index in [1.54, 1.807) is 16.6 Å². The number of rotatable bonds is 2. The second kappa shape index (κ2) is 5.92. The molecule has 0 N–H and O–H groups in total. The van der Waals surface area contributed by atoms with Gasteiger partial charge in [0.05, 0.1) is 12.2 Å². The highest BCUT2D eigenvalue weighted by molar-refractivity contribution is 6.30. The maximum Gasteiger partial charge on any atom is 0.246 e. The zero-order valence-corrected chi connectivity index (χ0v) is 17.2. The molecule has 0 bridgehead atoms. The van der Waals surface area contributed by atoms with E-state index in [4.69, 9.17) is 25.8 Å². The molecule has 2 aromatic carbocycles. The van der Waals surface area contributed by atoms with Gasteiger partial charge in [-0.2, -0.15) is 5.10 Å². The predicted molar refractivity (Wildman–Crippen MR) is 109 cm³/mol. The summed E-state index contributed by atoms with van der Waals surface area (Å²) in [5.74, 6) is 1.88. The molecule has 3 aliphatic heterocycles. The summed E-state index contributed by atoms with van der Waals surface area (Å²) in [5.41, 5.74) is 3.31. The molecule has 0 saturated heterocycles. The molecule has 0 saturated carbocycles. The highest BCUT2D eigenvalue weighted by atomic mass is 35.5. The Morgan fingerprint density at radius 3 is 2.63 bits per heavy atom. The number of nitrogens with zero attached hydrogens (tertiary/aromatic N) is 3. The van der Waals surface area contributed by atoms with Crippen molar-refractivity contribution in [2.75, 3.05) is 18.3 Å². The number of ether oxygens (including phenoxy) is 3. The minimum Gasteiger partial charge on any atom is -0.491 e. The molecule has 0 aliphatic carbocycles. The fourth-order valence-electron chi connectivity index (χ4n) is 4.73. The molecule has 0 fully saturated rings. The average molecular weight is 424 g/mol. The summed E-state index contributed by atoms with van der Waals surface area (Å²) in [4.78, 5) is 15.8. The first kappa shape index (κ1) is 17.7. The van der Waals surface area contributed by atoms with Crippen LogP contribution in [0.4, 0.5) is 5.69 Å². The number of anilines is 1. The molecule has 7 nitrogen and oxygen atoms in total. The molecule has 30 heavy (non-hydrogen) atoms.